The van der Waals surface area contributed by atoms with Crippen LogP contribution in [-0.4, -0.2) is 56.0 Å². The van der Waals surface area contributed by atoms with Crippen molar-refractivity contribution >= 4 is 29.2 Å². The predicted octanol–water partition coefficient (Wildman–Crippen LogP) is 1.47. The molecule has 0 atom stereocenters. The second-order valence-electron chi connectivity index (χ2n) is 5.86. The van der Waals surface area contributed by atoms with Gasteiger partial charge in [-0.25, -0.2) is 4.99 Å². The zero-order valence-electron chi connectivity index (χ0n) is 14.0. The lowest BCUT2D eigenvalue weighted by molar-refractivity contribution is -0.129. The van der Waals surface area contributed by atoms with Crippen LogP contribution in [0, 0.1) is 0 Å². The molecule has 1 aromatic rings. The Morgan fingerprint density at radius 2 is 1.92 bits per heavy atom. The van der Waals surface area contributed by atoms with Crippen LogP contribution in [0.1, 0.15) is 6.92 Å². The van der Waals surface area contributed by atoms with E-state index in [1.807, 2.05) is 36.1 Å². The van der Waals surface area contributed by atoms with Gasteiger partial charge in [0.05, 0.1) is 0 Å². The molecule has 0 spiro atoms. The molecule has 1 saturated heterocycles. The molecule has 1 aliphatic heterocycles. The van der Waals surface area contributed by atoms with Gasteiger partial charge in [0.15, 0.2) is 5.96 Å². The van der Waals surface area contributed by atoms with Crippen molar-refractivity contribution in [2.24, 2.45) is 10.7 Å². The Morgan fingerprint density at radius 1 is 1.29 bits per heavy atom. The zero-order chi connectivity index (χ0) is 17.5. The van der Waals surface area contributed by atoms with E-state index in [1.54, 1.807) is 0 Å². The van der Waals surface area contributed by atoms with E-state index in [1.165, 1.54) is 0 Å². The minimum absolute atomic E-state index is 0.00849. The molecule has 1 fully saturated rings. The van der Waals surface area contributed by atoms with Crippen molar-refractivity contribution < 1.29 is 4.79 Å². The molecule has 0 bridgehead atoms. The molecule has 2 rings (SSSR count). The summed E-state index contributed by atoms with van der Waals surface area (Å²) in [6.07, 6.45) is 0. The number of aliphatic imine (C=N–C) groups is 1. The highest BCUT2D eigenvalue weighted by Crippen LogP contribution is 2.19. The van der Waals surface area contributed by atoms with E-state index in [4.69, 9.17) is 17.3 Å². The molecule has 7 heteroatoms. The molecule has 1 heterocycles. The van der Waals surface area contributed by atoms with Crippen LogP contribution >= 0.6 is 11.6 Å². The van der Waals surface area contributed by atoms with E-state index in [2.05, 4.69) is 21.8 Å². The quantitative estimate of drug-likeness (QED) is 0.479. The summed E-state index contributed by atoms with van der Waals surface area (Å²) in [6.45, 7) is 9.23. The third-order valence-corrected chi connectivity index (χ3v) is 4.03. The Bertz CT molecular complexity index is 606. The molecule has 0 saturated carbocycles. The first-order valence-corrected chi connectivity index (χ1v) is 8.30. The van der Waals surface area contributed by atoms with Crippen LogP contribution in [0.15, 0.2) is 41.4 Å². The normalized spacial score (nSPS) is 15.3. The van der Waals surface area contributed by atoms with Crippen LogP contribution in [0.2, 0.25) is 5.02 Å². The monoisotopic (exact) mass is 349 g/mol. The lowest BCUT2D eigenvalue weighted by atomic mass is 10.2. The lowest BCUT2D eigenvalue weighted by Crippen LogP contribution is -2.49. The molecule has 0 unspecified atom stereocenters. The number of carbonyl (C=O) groups is 1. The number of amides is 1. The van der Waals surface area contributed by atoms with Crippen molar-refractivity contribution in [3.05, 3.63) is 41.4 Å². The van der Waals surface area contributed by atoms with Gasteiger partial charge in [0.2, 0.25) is 5.91 Å². The van der Waals surface area contributed by atoms with Crippen LogP contribution in [0.5, 0.6) is 0 Å². The molecule has 1 amide bonds. The first-order valence-electron chi connectivity index (χ1n) is 7.92. The van der Waals surface area contributed by atoms with Crippen LogP contribution in [0.4, 0.5) is 5.69 Å². The number of nitrogens with two attached hydrogens (primary N) is 1. The Labute approximate surface area is 148 Å². The van der Waals surface area contributed by atoms with Crippen LogP contribution < -0.4 is 16.0 Å². The summed E-state index contributed by atoms with van der Waals surface area (Å²) in [4.78, 5) is 20.4. The number of benzene rings is 1. The molecule has 6 nitrogen and oxygen atoms in total. The van der Waals surface area contributed by atoms with Gasteiger partial charge in [-0.1, -0.05) is 23.8 Å². The van der Waals surface area contributed by atoms with Crippen molar-refractivity contribution in [3.63, 3.8) is 0 Å². The first-order chi connectivity index (χ1) is 11.5. The van der Waals surface area contributed by atoms with E-state index >= 15 is 0 Å². The summed E-state index contributed by atoms with van der Waals surface area (Å²) in [7, 11) is 0. The number of halogens is 1. The van der Waals surface area contributed by atoms with E-state index < -0.39 is 0 Å². The van der Waals surface area contributed by atoms with Crippen molar-refractivity contribution in [2.45, 2.75) is 6.92 Å². The van der Waals surface area contributed by atoms with Crippen LogP contribution in [-0.2, 0) is 4.79 Å². The molecule has 1 aliphatic rings. The van der Waals surface area contributed by atoms with Crippen molar-refractivity contribution in [2.75, 3.05) is 44.2 Å². The van der Waals surface area contributed by atoms with Crippen molar-refractivity contribution in [1.29, 1.82) is 0 Å². The Hall–Kier alpha value is -2.21. The number of piperazine rings is 1. The van der Waals surface area contributed by atoms with Gasteiger partial charge in [-0.3, -0.25) is 4.79 Å². The number of anilines is 1. The summed E-state index contributed by atoms with van der Waals surface area (Å²) in [5, 5.41) is 3.64. The minimum Gasteiger partial charge on any atom is -0.370 e. The number of hydrogen-bond acceptors (Lipinski definition) is 3. The molecular formula is C17H24ClN5O. The second-order valence-corrected chi connectivity index (χ2v) is 6.29. The number of rotatable bonds is 5. The Morgan fingerprint density at radius 3 is 2.50 bits per heavy atom. The average Bonchev–Trinajstić information content (AvgIpc) is 2.58. The van der Waals surface area contributed by atoms with Gasteiger partial charge in [0, 0.05) is 43.4 Å². The zero-order valence-corrected chi connectivity index (χ0v) is 14.7. The number of carbonyl (C=O) groups excluding carboxylic acids is 1. The highest BCUT2D eigenvalue weighted by Gasteiger charge is 2.20. The standard InChI is InChI=1S/C17H24ClN5O/c1-13(2)11-20-17(19)21-12-16(24)23-9-7-22(8-10-23)15-5-3-14(18)4-6-15/h3-6H,1,7-12H2,2H3,(H3,19,20,21). The molecule has 0 radical (unpaired) electrons. The smallest absolute Gasteiger partial charge is 0.244 e. The van der Waals surface area contributed by atoms with Gasteiger partial charge < -0.3 is 20.9 Å². The van der Waals surface area contributed by atoms with Crippen molar-refractivity contribution in [1.82, 2.24) is 10.2 Å². The topological polar surface area (TPSA) is 74.0 Å². The summed E-state index contributed by atoms with van der Waals surface area (Å²) in [6, 6.07) is 7.75. The maximum Gasteiger partial charge on any atom is 0.244 e. The van der Waals surface area contributed by atoms with Gasteiger partial charge in [-0.05, 0) is 31.2 Å². The second kappa shape index (κ2) is 8.59. The number of nitrogens with zero attached hydrogens (tertiary/aromatic N) is 3. The summed E-state index contributed by atoms with van der Waals surface area (Å²) < 4.78 is 0. The van der Waals surface area contributed by atoms with E-state index in [0.29, 0.717) is 19.6 Å². The summed E-state index contributed by atoms with van der Waals surface area (Å²) >= 11 is 5.91. The molecule has 1 aromatic carbocycles. The van der Waals surface area contributed by atoms with Gasteiger partial charge >= 0.3 is 0 Å². The molecule has 24 heavy (non-hydrogen) atoms. The Kier molecular flexibility index (Phi) is 6.49. The van der Waals surface area contributed by atoms with Gasteiger partial charge in [-0.15, -0.1) is 0 Å². The third kappa shape index (κ3) is 5.45. The van der Waals surface area contributed by atoms with Crippen LogP contribution in [0.25, 0.3) is 0 Å². The molecule has 130 valence electrons. The van der Waals surface area contributed by atoms with Gasteiger partial charge in [0.25, 0.3) is 0 Å². The fourth-order valence-corrected chi connectivity index (χ4v) is 2.54. The summed E-state index contributed by atoms with van der Waals surface area (Å²) in [5.74, 6) is 0.261. The van der Waals surface area contributed by atoms with E-state index in [9.17, 15) is 4.79 Å². The largest absolute Gasteiger partial charge is 0.370 e. The number of nitrogens with one attached hydrogen (secondary N) is 1. The molecule has 3 N–H and O–H groups in total. The Balaban J connectivity index is 1.79. The maximum absolute atomic E-state index is 12.2. The fourth-order valence-electron chi connectivity index (χ4n) is 2.42. The predicted molar refractivity (Wildman–Crippen MR) is 99.6 cm³/mol. The summed E-state index contributed by atoms with van der Waals surface area (Å²) in [5.41, 5.74) is 7.80. The van der Waals surface area contributed by atoms with Gasteiger partial charge in [0.1, 0.15) is 6.54 Å². The third-order valence-electron chi connectivity index (χ3n) is 3.78. The molecular weight excluding hydrogens is 326 g/mol. The SMILES string of the molecule is C=C(C)CNC(N)=NCC(=O)N1CCN(c2ccc(Cl)cc2)CC1. The van der Waals surface area contributed by atoms with Gasteiger partial charge in [-0.2, -0.15) is 0 Å². The molecule has 0 aliphatic carbocycles. The van der Waals surface area contributed by atoms with E-state index in [0.717, 1.165) is 29.4 Å². The van der Waals surface area contributed by atoms with Crippen molar-refractivity contribution in [3.8, 4) is 0 Å². The van der Waals surface area contributed by atoms with Crippen LogP contribution in [0.3, 0.4) is 0 Å². The van der Waals surface area contributed by atoms with E-state index in [-0.39, 0.29) is 18.4 Å². The number of hydrogen-bond donors (Lipinski definition) is 2. The maximum atomic E-state index is 12.2. The average molecular weight is 350 g/mol. The fraction of sp³-hybridized carbons (Fsp3) is 0.412. The first kappa shape index (κ1) is 18.1. The number of guanidine groups is 1. The minimum atomic E-state index is -0.00849. The highest BCUT2D eigenvalue weighted by atomic mass is 35.5. The molecule has 0 aromatic heterocycles. The lowest BCUT2D eigenvalue weighted by Gasteiger charge is -2.36. The highest BCUT2D eigenvalue weighted by molar-refractivity contribution is 6.30.